The first kappa shape index (κ1) is 23.5. The molecule has 7 heteroatoms. The van der Waals surface area contributed by atoms with Gasteiger partial charge in [-0.1, -0.05) is 55.5 Å². The number of benzene rings is 3. The molecule has 3 aromatic carbocycles. The van der Waals surface area contributed by atoms with Crippen molar-refractivity contribution in [2.75, 3.05) is 19.0 Å². The highest BCUT2D eigenvalue weighted by Crippen LogP contribution is 2.22. The summed E-state index contributed by atoms with van der Waals surface area (Å²) in [7, 11) is -2.09. The van der Waals surface area contributed by atoms with E-state index in [0.29, 0.717) is 5.75 Å². The van der Waals surface area contributed by atoms with E-state index in [1.165, 1.54) is 16.4 Å². The molecule has 0 aliphatic carbocycles. The van der Waals surface area contributed by atoms with E-state index in [2.05, 4.69) is 5.32 Å². The molecule has 0 aliphatic heterocycles. The maximum Gasteiger partial charge on any atom is 0.262 e. The molecule has 3 rings (SSSR count). The fourth-order valence-electron chi connectivity index (χ4n) is 3.34. The SMILES string of the molecule is CCc1cccc(C)c1NC(=O)COc1ccc(S(=O)(=O)N(C)Cc2ccccc2)cc1. The molecule has 0 aliphatic rings. The first-order valence-corrected chi connectivity index (χ1v) is 11.9. The Kier molecular flexibility index (Phi) is 7.66. The van der Waals surface area contributed by atoms with Crippen molar-refractivity contribution < 1.29 is 17.9 Å². The molecule has 0 saturated heterocycles. The van der Waals surface area contributed by atoms with Crippen LogP contribution in [0, 0.1) is 6.92 Å². The number of aryl methyl sites for hydroxylation is 2. The molecule has 0 fully saturated rings. The lowest BCUT2D eigenvalue weighted by Crippen LogP contribution is -2.26. The first-order chi connectivity index (χ1) is 15.3. The Morgan fingerprint density at radius 3 is 2.31 bits per heavy atom. The van der Waals surface area contributed by atoms with Gasteiger partial charge >= 0.3 is 0 Å². The normalized spacial score (nSPS) is 11.4. The summed E-state index contributed by atoms with van der Waals surface area (Å²) < 4.78 is 32.5. The molecule has 0 atom stereocenters. The van der Waals surface area contributed by atoms with E-state index in [0.717, 1.165) is 28.8 Å². The zero-order valence-corrected chi connectivity index (χ0v) is 19.4. The van der Waals surface area contributed by atoms with Crippen molar-refractivity contribution in [3.05, 3.63) is 89.5 Å². The van der Waals surface area contributed by atoms with E-state index in [9.17, 15) is 13.2 Å². The Labute approximate surface area is 189 Å². The molecule has 168 valence electrons. The lowest BCUT2D eigenvalue weighted by molar-refractivity contribution is -0.118. The number of hydrogen-bond acceptors (Lipinski definition) is 4. The lowest BCUT2D eigenvalue weighted by Gasteiger charge is -2.17. The Balaban J connectivity index is 1.60. The summed E-state index contributed by atoms with van der Waals surface area (Å²) in [5.74, 6) is 0.151. The van der Waals surface area contributed by atoms with Crippen LogP contribution in [0.3, 0.4) is 0 Å². The molecule has 0 aromatic heterocycles. The minimum atomic E-state index is -3.64. The van der Waals surface area contributed by atoms with Crippen LogP contribution < -0.4 is 10.1 Å². The third-order valence-corrected chi connectivity index (χ3v) is 6.97. The summed E-state index contributed by atoms with van der Waals surface area (Å²) in [4.78, 5) is 12.5. The van der Waals surface area contributed by atoms with Crippen molar-refractivity contribution in [1.82, 2.24) is 4.31 Å². The molecule has 32 heavy (non-hydrogen) atoms. The second-order valence-corrected chi connectivity index (χ2v) is 9.56. The van der Waals surface area contributed by atoms with E-state index in [4.69, 9.17) is 4.74 Å². The van der Waals surface area contributed by atoms with Crippen molar-refractivity contribution >= 4 is 21.6 Å². The standard InChI is InChI=1S/C25H28N2O4S/c1-4-21-12-8-9-19(2)25(21)26-24(28)18-31-22-13-15-23(16-14-22)32(29,30)27(3)17-20-10-6-5-7-11-20/h5-16H,4,17-18H2,1-3H3,(H,26,28). The summed E-state index contributed by atoms with van der Waals surface area (Å²) in [6.07, 6.45) is 0.812. The van der Waals surface area contributed by atoms with Gasteiger partial charge in [-0.2, -0.15) is 4.31 Å². The number of nitrogens with one attached hydrogen (secondary N) is 1. The number of carbonyl (C=O) groups is 1. The third-order valence-electron chi connectivity index (χ3n) is 5.15. The minimum Gasteiger partial charge on any atom is -0.484 e. The van der Waals surface area contributed by atoms with E-state index >= 15 is 0 Å². The van der Waals surface area contributed by atoms with Crippen molar-refractivity contribution in [2.24, 2.45) is 0 Å². The van der Waals surface area contributed by atoms with Crippen LogP contribution in [0.25, 0.3) is 0 Å². The number of hydrogen-bond donors (Lipinski definition) is 1. The number of anilines is 1. The number of sulfonamides is 1. The topological polar surface area (TPSA) is 75.7 Å². The molecule has 0 saturated carbocycles. The highest BCUT2D eigenvalue weighted by Gasteiger charge is 2.21. The number of ether oxygens (including phenoxy) is 1. The van der Waals surface area contributed by atoms with Crippen molar-refractivity contribution in [3.63, 3.8) is 0 Å². The quantitative estimate of drug-likeness (QED) is 0.522. The maximum atomic E-state index is 12.8. The van der Waals surface area contributed by atoms with Gasteiger partial charge in [-0.25, -0.2) is 8.42 Å². The highest BCUT2D eigenvalue weighted by molar-refractivity contribution is 7.89. The average molecular weight is 453 g/mol. The van der Waals surface area contributed by atoms with E-state index in [1.54, 1.807) is 19.2 Å². The van der Waals surface area contributed by atoms with Crippen molar-refractivity contribution in [1.29, 1.82) is 0 Å². The van der Waals surface area contributed by atoms with Crippen LogP contribution in [0.15, 0.2) is 77.7 Å². The van der Waals surface area contributed by atoms with Crippen molar-refractivity contribution in [2.45, 2.75) is 31.7 Å². The summed E-state index contributed by atoms with van der Waals surface area (Å²) >= 11 is 0. The molecule has 6 nitrogen and oxygen atoms in total. The van der Waals surface area contributed by atoms with Gasteiger partial charge in [0.15, 0.2) is 6.61 Å². The third kappa shape index (κ3) is 5.75. The Morgan fingerprint density at radius 1 is 0.969 bits per heavy atom. The van der Waals surface area contributed by atoms with Crippen LogP contribution in [0.1, 0.15) is 23.6 Å². The fraction of sp³-hybridized carbons (Fsp3) is 0.240. The van der Waals surface area contributed by atoms with Gasteiger partial charge in [0.1, 0.15) is 5.75 Å². The second-order valence-electron chi connectivity index (χ2n) is 7.52. The van der Waals surface area contributed by atoms with Crippen molar-refractivity contribution in [3.8, 4) is 5.75 Å². The lowest BCUT2D eigenvalue weighted by atomic mass is 10.1. The highest BCUT2D eigenvalue weighted by atomic mass is 32.2. The molecule has 0 heterocycles. The fourth-order valence-corrected chi connectivity index (χ4v) is 4.50. The van der Waals surface area contributed by atoms with Crippen LogP contribution >= 0.6 is 0 Å². The van der Waals surface area contributed by atoms with Gasteiger partial charge in [0.25, 0.3) is 5.91 Å². The van der Waals surface area contributed by atoms with Gasteiger partial charge in [0.05, 0.1) is 4.90 Å². The number of para-hydroxylation sites is 1. The van der Waals surface area contributed by atoms with Gasteiger partial charge in [0.2, 0.25) is 10.0 Å². The summed E-state index contributed by atoms with van der Waals surface area (Å²) in [5, 5.41) is 2.91. The molecule has 0 bridgehead atoms. The summed E-state index contributed by atoms with van der Waals surface area (Å²) in [5.41, 5.74) is 3.77. The van der Waals surface area contributed by atoms with Gasteiger partial charge in [-0.15, -0.1) is 0 Å². The zero-order chi connectivity index (χ0) is 23.1. The molecular formula is C25H28N2O4S. The van der Waals surface area contributed by atoms with Crippen LogP contribution in [-0.4, -0.2) is 32.3 Å². The average Bonchev–Trinajstić information content (AvgIpc) is 2.80. The molecule has 1 N–H and O–H groups in total. The predicted octanol–water partition coefficient (Wildman–Crippen LogP) is 4.40. The molecule has 0 spiro atoms. The van der Waals surface area contributed by atoms with Gasteiger partial charge in [-0.3, -0.25) is 4.79 Å². The molecule has 0 radical (unpaired) electrons. The monoisotopic (exact) mass is 452 g/mol. The van der Waals surface area contributed by atoms with E-state index < -0.39 is 10.0 Å². The van der Waals surface area contributed by atoms with E-state index in [-0.39, 0.29) is 24.0 Å². The summed E-state index contributed by atoms with van der Waals surface area (Å²) in [6, 6.07) is 21.4. The van der Waals surface area contributed by atoms with Crippen LogP contribution in [0.2, 0.25) is 0 Å². The molecular weight excluding hydrogens is 424 g/mol. The maximum absolute atomic E-state index is 12.8. The van der Waals surface area contributed by atoms with Gasteiger partial charge < -0.3 is 10.1 Å². The Morgan fingerprint density at radius 2 is 1.66 bits per heavy atom. The smallest absolute Gasteiger partial charge is 0.262 e. The van der Waals surface area contributed by atoms with Crippen LogP contribution in [0.5, 0.6) is 5.75 Å². The van der Waals surface area contributed by atoms with Crippen LogP contribution in [-0.2, 0) is 27.8 Å². The number of carbonyl (C=O) groups excluding carboxylic acids is 1. The summed E-state index contributed by atoms with van der Waals surface area (Å²) in [6.45, 7) is 4.09. The van der Waals surface area contributed by atoms with E-state index in [1.807, 2.05) is 62.4 Å². The minimum absolute atomic E-state index is 0.167. The van der Waals surface area contributed by atoms with Gasteiger partial charge in [0, 0.05) is 19.3 Å². The number of nitrogens with zero attached hydrogens (tertiary/aromatic N) is 1. The zero-order valence-electron chi connectivity index (χ0n) is 18.5. The number of rotatable bonds is 9. The van der Waals surface area contributed by atoms with Gasteiger partial charge in [-0.05, 0) is 54.3 Å². The largest absolute Gasteiger partial charge is 0.484 e. The number of amides is 1. The molecule has 3 aromatic rings. The second kappa shape index (κ2) is 10.4. The Bertz CT molecular complexity index is 1160. The molecule has 0 unspecified atom stereocenters. The Hall–Kier alpha value is -3.16. The first-order valence-electron chi connectivity index (χ1n) is 10.4. The van der Waals surface area contributed by atoms with Crippen LogP contribution in [0.4, 0.5) is 5.69 Å². The predicted molar refractivity (Wildman–Crippen MR) is 126 cm³/mol. The molecule has 1 amide bonds.